The zero-order valence-electron chi connectivity index (χ0n) is 8.07. The van der Waals surface area contributed by atoms with Gasteiger partial charge in [-0.15, -0.1) is 22.7 Å². The molecule has 0 aliphatic heterocycles. The third-order valence-corrected chi connectivity index (χ3v) is 3.98. The highest BCUT2D eigenvalue weighted by molar-refractivity contribution is 7.15. The molecule has 2 aromatic heterocycles. The predicted octanol–water partition coefficient (Wildman–Crippen LogP) is 3.19. The SMILES string of the molecule is Clc1cnc(CNCCc2cccs2)s1. The first kappa shape index (κ1) is 11.1. The van der Waals surface area contributed by atoms with Gasteiger partial charge in [-0.3, -0.25) is 0 Å². The summed E-state index contributed by atoms with van der Waals surface area (Å²) in [5, 5.41) is 6.50. The molecule has 0 aromatic carbocycles. The molecule has 0 radical (unpaired) electrons. The van der Waals surface area contributed by atoms with Crippen LogP contribution in [0.2, 0.25) is 4.34 Å². The minimum absolute atomic E-state index is 0.755. The Morgan fingerprint density at radius 3 is 3.07 bits per heavy atom. The molecule has 0 saturated carbocycles. The molecular weight excluding hydrogens is 248 g/mol. The van der Waals surface area contributed by atoms with Crippen molar-refractivity contribution in [1.82, 2.24) is 10.3 Å². The van der Waals surface area contributed by atoms with Crippen LogP contribution in [0.1, 0.15) is 9.88 Å². The first-order valence-corrected chi connectivity index (χ1v) is 6.75. The van der Waals surface area contributed by atoms with Gasteiger partial charge in [0.2, 0.25) is 0 Å². The molecule has 2 rings (SSSR count). The summed E-state index contributed by atoms with van der Waals surface area (Å²) in [5.74, 6) is 0. The first-order chi connectivity index (χ1) is 7.34. The van der Waals surface area contributed by atoms with Crippen LogP contribution in [0, 0.1) is 0 Å². The molecule has 80 valence electrons. The van der Waals surface area contributed by atoms with Gasteiger partial charge in [-0.2, -0.15) is 0 Å². The second kappa shape index (κ2) is 5.61. The maximum Gasteiger partial charge on any atom is 0.113 e. The molecule has 0 bridgehead atoms. The molecule has 2 heterocycles. The van der Waals surface area contributed by atoms with Gasteiger partial charge in [0.25, 0.3) is 0 Å². The highest BCUT2D eigenvalue weighted by atomic mass is 35.5. The molecule has 0 amide bonds. The number of halogens is 1. The van der Waals surface area contributed by atoms with E-state index in [1.165, 1.54) is 16.2 Å². The third-order valence-electron chi connectivity index (χ3n) is 1.93. The predicted molar refractivity (Wildman–Crippen MR) is 66.9 cm³/mol. The lowest BCUT2D eigenvalue weighted by molar-refractivity contribution is 0.687. The van der Waals surface area contributed by atoms with Crippen LogP contribution < -0.4 is 5.32 Å². The van der Waals surface area contributed by atoms with Crippen molar-refractivity contribution < 1.29 is 0 Å². The number of hydrogen-bond acceptors (Lipinski definition) is 4. The molecule has 0 atom stereocenters. The molecule has 15 heavy (non-hydrogen) atoms. The lowest BCUT2D eigenvalue weighted by Gasteiger charge is -2.00. The number of thiophene rings is 1. The zero-order valence-corrected chi connectivity index (χ0v) is 10.5. The van der Waals surface area contributed by atoms with E-state index in [0.717, 1.165) is 28.9 Å². The molecule has 2 aromatic rings. The highest BCUT2D eigenvalue weighted by Crippen LogP contribution is 2.17. The van der Waals surface area contributed by atoms with E-state index in [4.69, 9.17) is 11.6 Å². The van der Waals surface area contributed by atoms with Gasteiger partial charge in [-0.25, -0.2) is 4.98 Å². The molecule has 0 fully saturated rings. The molecule has 5 heteroatoms. The van der Waals surface area contributed by atoms with Crippen LogP contribution in [0.5, 0.6) is 0 Å². The molecule has 0 spiro atoms. The summed E-state index contributed by atoms with van der Waals surface area (Å²) in [6.45, 7) is 1.79. The summed E-state index contributed by atoms with van der Waals surface area (Å²) in [6.07, 6.45) is 2.78. The van der Waals surface area contributed by atoms with Gasteiger partial charge in [0, 0.05) is 18.0 Å². The number of nitrogens with one attached hydrogen (secondary N) is 1. The third kappa shape index (κ3) is 3.57. The van der Waals surface area contributed by atoms with Crippen LogP contribution in [0.25, 0.3) is 0 Å². The Labute approximate surface area is 102 Å². The van der Waals surface area contributed by atoms with Gasteiger partial charge in [0.05, 0.1) is 6.20 Å². The Balaban J connectivity index is 1.67. The van der Waals surface area contributed by atoms with Crippen LogP contribution in [0.4, 0.5) is 0 Å². The van der Waals surface area contributed by atoms with Crippen LogP contribution in [-0.4, -0.2) is 11.5 Å². The summed E-state index contributed by atoms with van der Waals surface area (Å²) in [6, 6.07) is 4.24. The molecule has 2 nitrogen and oxygen atoms in total. The standard InChI is InChI=1S/C10H11ClN2S2/c11-9-6-13-10(15-9)7-12-4-3-8-2-1-5-14-8/h1-2,5-6,12H,3-4,7H2. The van der Waals surface area contributed by atoms with E-state index >= 15 is 0 Å². The monoisotopic (exact) mass is 258 g/mol. The maximum absolute atomic E-state index is 5.78. The van der Waals surface area contributed by atoms with Gasteiger partial charge >= 0.3 is 0 Å². The fraction of sp³-hybridized carbons (Fsp3) is 0.300. The van der Waals surface area contributed by atoms with Gasteiger partial charge in [0.15, 0.2) is 0 Å². The normalized spacial score (nSPS) is 10.7. The molecule has 1 N–H and O–H groups in total. The smallest absolute Gasteiger partial charge is 0.113 e. The fourth-order valence-corrected chi connectivity index (χ4v) is 2.87. The van der Waals surface area contributed by atoms with E-state index in [-0.39, 0.29) is 0 Å². The number of thiazole rings is 1. The Kier molecular flexibility index (Phi) is 4.14. The van der Waals surface area contributed by atoms with E-state index < -0.39 is 0 Å². The van der Waals surface area contributed by atoms with Crippen LogP contribution in [0.3, 0.4) is 0 Å². The van der Waals surface area contributed by atoms with Gasteiger partial charge < -0.3 is 5.32 Å². The van der Waals surface area contributed by atoms with Crippen molar-refractivity contribution >= 4 is 34.3 Å². The average molecular weight is 259 g/mol. The van der Waals surface area contributed by atoms with Crippen LogP contribution >= 0.6 is 34.3 Å². The van der Waals surface area contributed by atoms with Crippen LogP contribution in [0.15, 0.2) is 23.7 Å². The van der Waals surface area contributed by atoms with E-state index in [0.29, 0.717) is 0 Å². The van der Waals surface area contributed by atoms with E-state index in [2.05, 4.69) is 27.8 Å². The van der Waals surface area contributed by atoms with Crippen molar-refractivity contribution in [3.8, 4) is 0 Å². The highest BCUT2D eigenvalue weighted by Gasteiger charge is 1.99. The summed E-state index contributed by atoms with van der Waals surface area (Å²) in [5.41, 5.74) is 0. The Morgan fingerprint density at radius 2 is 2.40 bits per heavy atom. The van der Waals surface area contributed by atoms with Crippen molar-refractivity contribution in [1.29, 1.82) is 0 Å². The molecule has 0 unspecified atom stereocenters. The van der Waals surface area contributed by atoms with Crippen LogP contribution in [-0.2, 0) is 13.0 Å². The maximum atomic E-state index is 5.78. The van der Waals surface area contributed by atoms with Gasteiger partial charge in [0.1, 0.15) is 9.34 Å². The summed E-state index contributed by atoms with van der Waals surface area (Å²) in [4.78, 5) is 5.59. The quantitative estimate of drug-likeness (QED) is 0.834. The Morgan fingerprint density at radius 1 is 1.47 bits per heavy atom. The lowest BCUT2D eigenvalue weighted by atomic mass is 10.3. The van der Waals surface area contributed by atoms with E-state index in [1.807, 2.05) is 0 Å². The average Bonchev–Trinajstić information content (AvgIpc) is 2.84. The number of hydrogen-bond donors (Lipinski definition) is 1. The Hall–Kier alpha value is -0.420. The van der Waals surface area contributed by atoms with E-state index in [1.54, 1.807) is 17.5 Å². The first-order valence-electron chi connectivity index (χ1n) is 4.68. The molecule has 0 saturated heterocycles. The number of rotatable bonds is 5. The topological polar surface area (TPSA) is 24.9 Å². The summed E-state index contributed by atoms with van der Waals surface area (Å²) < 4.78 is 0.755. The Bertz CT molecular complexity index is 397. The zero-order chi connectivity index (χ0) is 10.5. The van der Waals surface area contributed by atoms with Gasteiger partial charge in [-0.1, -0.05) is 17.7 Å². The number of nitrogens with zero attached hydrogens (tertiary/aromatic N) is 1. The van der Waals surface area contributed by atoms with Crippen molar-refractivity contribution in [2.45, 2.75) is 13.0 Å². The lowest BCUT2D eigenvalue weighted by Crippen LogP contribution is -2.15. The minimum Gasteiger partial charge on any atom is -0.310 e. The largest absolute Gasteiger partial charge is 0.310 e. The van der Waals surface area contributed by atoms with E-state index in [9.17, 15) is 0 Å². The molecule has 0 aliphatic rings. The molecule has 0 aliphatic carbocycles. The van der Waals surface area contributed by atoms with Crippen molar-refractivity contribution in [2.24, 2.45) is 0 Å². The second-order valence-corrected chi connectivity index (χ2v) is 5.84. The van der Waals surface area contributed by atoms with Crippen molar-refractivity contribution in [3.63, 3.8) is 0 Å². The van der Waals surface area contributed by atoms with Crippen molar-refractivity contribution in [3.05, 3.63) is 37.9 Å². The fourth-order valence-electron chi connectivity index (χ4n) is 1.23. The van der Waals surface area contributed by atoms with Gasteiger partial charge in [-0.05, 0) is 17.9 Å². The number of aromatic nitrogens is 1. The summed E-state index contributed by atoms with van der Waals surface area (Å²) in [7, 11) is 0. The minimum atomic E-state index is 0.755. The molecular formula is C10H11ClN2S2. The second-order valence-electron chi connectivity index (χ2n) is 3.06. The summed E-state index contributed by atoms with van der Waals surface area (Å²) >= 11 is 9.11. The van der Waals surface area contributed by atoms with Crippen molar-refractivity contribution in [2.75, 3.05) is 6.54 Å².